The van der Waals surface area contributed by atoms with Crippen LogP contribution in [0.15, 0.2) is 29.2 Å². The van der Waals surface area contributed by atoms with Gasteiger partial charge in [0, 0.05) is 23.7 Å². The van der Waals surface area contributed by atoms with Crippen molar-refractivity contribution in [1.29, 1.82) is 0 Å². The van der Waals surface area contributed by atoms with Crippen LogP contribution < -0.4 is 0 Å². The number of nitrogens with one attached hydrogen (secondary N) is 1. The summed E-state index contributed by atoms with van der Waals surface area (Å²) in [5, 5.41) is 0. The SMILES string of the molecule is CCOC(=O)c1c(C)[nH]c(C(=O)COC(=O)c2ccccc2SCC(=O)N2CCCC2)c1C. The fourth-order valence-corrected chi connectivity index (χ4v) is 4.72. The Morgan fingerprint density at radius 2 is 1.73 bits per heavy atom. The Morgan fingerprint density at radius 1 is 1.03 bits per heavy atom. The number of amides is 1. The van der Waals surface area contributed by atoms with Gasteiger partial charge in [-0.3, -0.25) is 9.59 Å². The first-order chi connectivity index (χ1) is 15.8. The average Bonchev–Trinajstić information content (AvgIpc) is 3.44. The lowest BCUT2D eigenvalue weighted by Crippen LogP contribution is -2.29. The normalized spacial score (nSPS) is 13.1. The highest BCUT2D eigenvalue weighted by Gasteiger charge is 2.24. The maximum Gasteiger partial charge on any atom is 0.340 e. The second-order valence-electron chi connectivity index (χ2n) is 7.72. The molecule has 1 aliphatic heterocycles. The smallest absolute Gasteiger partial charge is 0.340 e. The highest BCUT2D eigenvalue weighted by atomic mass is 32.2. The Labute approximate surface area is 197 Å². The summed E-state index contributed by atoms with van der Waals surface area (Å²) in [5.74, 6) is -1.32. The second-order valence-corrected chi connectivity index (χ2v) is 8.73. The summed E-state index contributed by atoms with van der Waals surface area (Å²) >= 11 is 1.28. The van der Waals surface area contributed by atoms with Gasteiger partial charge in [0.05, 0.1) is 29.2 Å². The summed E-state index contributed by atoms with van der Waals surface area (Å²) in [5.41, 5.74) is 1.81. The van der Waals surface area contributed by atoms with Gasteiger partial charge in [0.2, 0.25) is 11.7 Å². The number of nitrogens with zero attached hydrogens (tertiary/aromatic N) is 1. The van der Waals surface area contributed by atoms with Crippen molar-refractivity contribution >= 4 is 35.4 Å². The van der Waals surface area contributed by atoms with Gasteiger partial charge in [-0.25, -0.2) is 9.59 Å². The van der Waals surface area contributed by atoms with E-state index >= 15 is 0 Å². The van der Waals surface area contributed by atoms with Gasteiger partial charge in [0.15, 0.2) is 6.61 Å². The molecule has 2 aromatic rings. The van der Waals surface area contributed by atoms with E-state index in [1.807, 2.05) is 4.90 Å². The molecule has 1 aliphatic rings. The molecule has 1 aromatic carbocycles. The lowest BCUT2D eigenvalue weighted by atomic mass is 10.1. The number of H-pyrrole nitrogens is 1. The number of hydrogen-bond acceptors (Lipinski definition) is 7. The van der Waals surface area contributed by atoms with Gasteiger partial charge in [-0.1, -0.05) is 12.1 Å². The number of esters is 2. The minimum Gasteiger partial charge on any atom is -0.462 e. The molecule has 1 fully saturated rings. The quantitative estimate of drug-likeness (QED) is 0.338. The third-order valence-corrected chi connectivity index (χ3v) is 6.51. The number of aryl methyl sites for hydroxylation is 1. The van der Waals surface area contributed by atoms with Crippen molar-refractivity contribution in [2.45, 2.75) is 38.5 Å². The van der Waals surface area contributed by atoms with Crippen LogP contribution in [0.1, 0.15) is 62.2 Å². The number of aromatic amines is 1. The Hall–Kier alpha value is -3.07. The third-order valence-electron chi connectivity index (χ3n) is 5.45. The molecule has 9 heteroatoms. The zero-order valence-electron chi connectivity index (χ0n) is 19.1. The van der Waals surface area contributed by atoms with E-state index in [0.29, 0.717) is 27.3 Å². The van der Waals surface area contributed by atoms with E-state index in [9.17, 15) is 19.2 Å². The van der Waals surface area contributed by atoms with Gasteiger partial charge in [0.1, 0.15) is 0 Å². The lowest BCUT2D eigenvalue weighted by Gasteiger charge is -2.15. The number of Topliss-reactive ketones (excluding diaryl/α,β-unsaturated/α-hetero) is 1. The third kappa shape index (κ3) is 5.84. The average molecular weight is 473 g/mol. The minimum absolute atomic E-state index is 0.0471. The zero-order chi connectivity index (χ0) is 24.0. The van der Waals surface area contributed by atoms with Gasteiger partial charge in [-0.05, 0) is 51.3 Å². The predicted octanol–water partition coefficient (Wildman–Crippen LogP) is 3.56. The van der Waals surface area contributed by atoms with Crippen molar-refractivity contribution in [1.82, 2.24) is 9.88 Å². The molecule has 0 aliphatic carbocycles. The molecule has 2 heterocycles. The van der Waals surface area contributed by atoms with Crippen LogP contribution in [0, 0.1) is 13.8 Å². The standard InChI is InChI=1S/C24H28N2O6S/c1-4-31-24(30)21-15(2)22(25-16(21)3)18(27)13-32-23(29)17-9-5-6-10-19(17)33-14-20(28)26-11-7-8-12-26/h5-6,9-10,25H,4,7-8,11-14H2,1-3H3. The van der Waals surface area contributed by atoms with Crippen LogP contribution >= 0.6 is 11.8 Å². The van der Waals surface area contributed by atoms with Gasteiger partial charge < -0.3 is 19.4 Å². The van der Waals surface area contributed by atoms with Gasteiger partial charge in [-0.15, -0.1) is 11.8 Å². The number of hydrogen-bond donors (Lipinski definition) is 1. The molecule has 0 radical (unpaired) electrons. The molecule has 0 bridgehead atoms. The Kier molecular flexibility index (Phi) is 8.32. The maximum atomic E-state index is 12.7. The van der Waals surface area contributed by atoms with E-state index in [0.717, 1.165) is 25.9 Å². The van der Waals surface area contributed by atoms with Crippen LogP contribution in [0.3, 0.4) is 0 Å². The zero-order valence-corrected chi connectivity index (χ0v) is 19.9. The summed E-state index contributed by atoms with van der Waals surface area (Å²) in [6.45, 7) is 6.34. The summed E-state index contributed by atoms with van der Waals surface area (Å²) in [6, 6.07) is 6.85. The van der Waals surface area contributed by atoms with E-state index in [4.69, 9.17) is 9.47 Å². The Morgan fingerprint density at radius 3 is 2.42 bits per heavy atom. The molecule has 0 spiro atoms. The Balaban J connectivity index is 1.63. The molecule has 1 saturated heterocycles. The molecule has 176 valence electrons. The van der Waals surface area contributed by atoms with Gasteiger partial charge in [-0.2, -0.15) is 0 Å². The molecule has 1 amide bonds. The Bertz CT molecular complexity index is 1060. The first-order valence-electron chi connectivity index (χ1n) is 10.9. The topological polar surface area (TPSA) is 106 Å². The number of rotatable bonds is 9. The number of ketones is 1. The number of aromatic nitrogens is 1. The first-order valence-corrected chi connectivity index (χ1v) is 11.9. The van der Waals surface area contributed by atoms with E-state index in [-0.39, 0.29) is 24.0 Å². The van der Waals surface area contributed by atoms with Crippen molar-refractivity contribution in [3.8, 4) is 0 Å². The van der Waals surface area contributed by atoms with Crippen LogP contribution in [0.25, 0.3) is 0 Å². The van der Waals surface area contributed by atoms with Crippen LogP contribution in [0.2, 0.25) is 0 Å². The van der Waals surface area contributed by atoms with Crippen molar-refractivity contribution in [3.05, 3.63) is 52.3 Å². The van der Waals surface area contributed by atoms with Gasteiger partial charge >= 0.3 is 11.9 Å². The van der Waals surface area contributed by atoms with E-state index in [1.54, 1.807) is 45.0 Å². The number of ether oxygens (including phenoxy) is 2. The molecular weight excluding hydrogens is 444 g/mol. The largest absolute Gasteiger partial charge is 0.462 e. The predicted molar refractivity (Wildman–Crippen MR) is 124 cm³/mol. The van der Waals surface area contributed by atoms with Crippen LogP contribution in [0.4, 0.5) is 0 Å². The second kappa shape index (κ2) is 11.2. The molecule has 1 N–H and O–H groups in total. The van der Waals surface area contributed by atoms with Crippen LogP contribution in [-0.4, -0.2) is 65.6 Å². The lowest BCUT2D eigenvalue weighted by molar-refractivity contribution is -0.127. The number of carbonyl (C=O) groups excluding carboxylic acids is 4. The summed E-state index contributed by atoms with van der Waals surface area (Å²) in [6.07, 6.45) is 2.04. The fourth-order valence-electron chi connectivity index (χ4n) is 3.78. The number of likely N-dealkylation sites (tertiary alicyclic amines) is 1. The molecule has 0 saturated carbocycles. The highest BCUT2D eigenvalue weighted by molar-refractivity contribution is 8.00. The van der Waals surface area contributed by atoms with Crippen molar-refractivity contribution < 1.29 is 28.7 Å². The number of carbonyl (C=O) groups is 4. The summed E-state index contributed by atoms with van der Waals surface area (Å²) in [4.78, 5) is 55.2. The summed E-state index contributed by atoms with van der Waals surface area (Å²) < 4.78 is 10.3. The highest BCUT2D eigenvalue weighted by Crippen LogP contribution is 2.25. The van der Waals surface area contributed by atoms with Crippen molar-refractivity contribution in [2.24, 2.45) is 0 Å². The van der Waals surface area contributed by atoms with E-state index < -0.39 is 24.3 Å². The molecular formula is C24H28N2O6S. The molecule has 3 rings (SSSR count). The fraction of sp³-hybridized carbons (Fsp3) is 0.417. The van der Waals surface area contributed by atoms with Crippen molar-refractivity contribution in [3.63, 3.8) is 0 Å². The minimum atomic E-state index is -0.647. The van der Waals surface area contributed by atoms with Crippen molar-refractivity contribution in [2.75, 3.05) is 32.1 Å². The van der Waals surface area contributed by atoms with Gasteiger partial charge in [0.25, 0.3) is 0 Å². The first kappa shape index (κ1) is 24.6. The van der Waals surface area contributed by atoms with Crippen LogP contribution in [0.5, 0.6) is 0 Å². The molecule has 0 unspecified atom stereocenters. The number of benzene rings is 1. The van der Waals surface area contributed by atoms with E-state index in [1.165, 1.54) is 11.8 Å². The molecule has 0 atom stereocenters. The maximum absolute atomic E-state index is 12.7. The summed E-state index contributed by atoms with van der Waals surface area (Å²) in [7, 11) is 0. The van der Waals surface area contributed by atoms with E-state index in [2.05, 4.69) is 4.98 Å². The molecule has 33 heavy (non-hydrogen) atoms. The number of thioether (sulfide) groups is 1. The molecule has 1 aromatic heterocycles. The van der Waals surface area contributed by atoms with Crippen LogP contribution in [-0.2, 0) is 14.3 Å². The molecule has 8 nitrogen and oxygen atoms in total. The monoisotopic (exact) mass is 472 g/mol.